The van der Waals surface area contributed by atoms with E-state index >= 15 is 0 Å². The van der Waals surface area contributed by atoms with Gasteiger partial charge >= 0.3 is 0 Å². The molecule has 128 valence electrons. The minimum Gasteiger partial charge on any atom is -0.391 e. The van der Waals surface area contributed by atoms with Crippen molar-refractivity contribution in [2.45, 2.75) is 37.1 Å². The van der Waals surface area contributed by atoms with Crippen LogP contribution in [-0.4, -0.2) is 41.6 Å². The first-order valence-corrected chi connectivity index (χ1v) is 8.20. The van der Waals surface area contributed by atoms with Gasteiger partial charge in [-0.05, 0) is 42.8 Å². The van der Waals surface area contributed by atoms with Gasteiger partial charge in [0.1, 0.15) is 5.82 Å². The smallest absolute Gasteiger partial charge is 0.123 e. The molecule has 3 N–H and O–H groups in total. The summed E-state index contributed by atoms with van der Waals surface area (Å²) in [6.07, 6.45) is -0.354. The summed E-state index contributed by atoms with van der Waals surface area (Å²) in [6, 6.07) is 15.7. The zero-order valence-corrected chi connectivity index (χ0v) is 13.6. The fourth-order valence-electron chi connectivity index (χ4n) is 3.33. The summed E-state index contributed by atoms with van der Waals surface area (Å²) in [6.45, 7) is 0. The van der Waals surface area contributed by atoms with Crippen molar-refractivity contribution in [2.75, 3.05) is 17.3 Å². The monoisotopic (exact) mass is 330 g/mol. The third-order valence-electron chi connectivity index (χ3n) is 4.74. The first-order chi connectivity index (χ1) is 11.5. The van der Waals surface area contributed by atoms with Crippen LogP contribution >= 0.6 is 0 Å². The van der Waals surface area contributed by atoms with Gasteiger partial charge in [0.25, 0.3) is 0 Å². The van der Waals surface area contributed by atoms with E-state index in [0.717, 1.165) is 11.4 Å². The van der Waals surface area contributed by atoms with Crippen molar-refractivity contribution in [3.63, 3.8) is 0 Å². The van der Waals surface area contributed by atoms with Crippen molar-refractivity contribution in [1.82, 2.24) is 0 Å². The lowest BCUT2D eigenvalue weighted by molar-refractivity contribution is 0.0182. The van der Waals surface area contributed by atoms with Gasteiger partial charge in [-0.15, -0.1) is 0 Å². The molecule has 0 amide bonds. The molecule has 0 radical (unpaired) electrons. The van der Waals surface area contributed by atoms with Crippen molar-refractivity contribution >= 4 is 11.4 Å². The average molecular weight is 330 g/mol. The highest BCUT2D eigenvalue weighted by atomic mass is 19.1. The summed E-state index contributed by atoms with van der Waals surface area (Å²) in [5.41, 5.74) is 1.79. The van der Waals surface area contributed by atoms with E-state index < -0.39 is 12.2 Å². The second-order valence-corrected chi connectivity index (χ2v) is 6.38. The van der Waals surface area contributed by atoms with Crippen molar-refractivity contribution in [2.24, 2.45) is 0 Å². The van der Waals surface area contributed by atoms with Crippen LogP contribution in [0.15, 0.2) is 54.6 Å². The van der Waals surface area contributed by atoms with E-state index in [9.17, 15) is 14.6 Å². The molecule has 3 rings (SSSR count). The van der Waals surface area contributed by atoms with E-state index in [-0.39, 0.29) is 17.9 Å². The van der Waals surface area contributed by atoms with Crippen molar-refractivity contribution in [1.29, 1.82) is 0 Å². The van der Waals surface area contributed by atoms with E-state index in [2.05, 4.69) is 10.2 Å². The lowest BCUT2D eigenvalue weighted by Crippen LogP contribution is -2.54. The molecule has 0 heterocycles. The molecule has 2 aromatic carbocycles. The highest BCUT2D eigenvalue weighted by Crippen LogP contribution is 2.29. The highest BCUT2D eigenvalue weighted by molar-refractivity contribution is 5.48. The second kappa shape index (κ2) is 7.20. The lowest BCUT2D eigenvalue weighted by Gasteiger charge is -2.42. The zero-order valence-electron chi connectivity index (χ0n) is 13.6. The van der Waals surface area contributed by atoms with Crippen LogP contribution in [0.1, 0.15) is 12.8 Å². The predicted octanol–water partition coefficient (Wildman–Crippen LogP) is 2.63. The number of nitrogens with one attached hydrogen (secondary N) is 1. The lowest BCUT2D eigenvalue weighted by atomic mass is 9.85. The Bertz CT molecular complexity index is 650. The SMILES string of the molecule is CN(c1ccccc1)[C@@H]1C[C@@H](Nc2ccc(F)cc2)[C@H](O)C[C@H]1O. The van der Waals surface area contributed by atoms with Crippen LogP contribution in [0, 0.1) is 5.82 Å². The fraction of sp³-hybridized carbons (Fsp3) is 0.368. The molecular weight excluding hydrogens is 307 g/mol. The van der Waals surface area contributed by atoms with Crippen molar-refractivity contribution in [3.05, 3.63) is 60.4 Å². The fourth-order valence-corrected chi connectivity index (χ4v) is 3.33. The minimum atomic E-state index is -0.648. The molecule has 1 saturated carbocycles. The average Bonchev–Trinajstić information content (AvgIpc) is 2.59. The molecule has 24 heavy (non-hydrogen) atoms. The molecule has 0 bridgehead atoms. The summed E-state index contributed by atoms with van der Waals surface area (Å²) in [5, 5.41) is 24.0. The largest absolute Gasteiger partial charge is 0.391 e. The van der Waals surface area contributed by atoms with Gasteiger partial charge in [-0.2, -0.15) is 0 Å². The van der Waals surface area contributed by atoms with Crippen LogP contribution in [0.25, 0.3) is 0 Å². The molecule has 0 spiro atoms. The van der Waals surface area contributed by atoms with E-state index in [1.807, 2.05) is 37.4 Å². The molecule has 4 atom stereocenters. The van der Waals surface area contributed by atoms with Crippen LogP contribution < -0.4 is 10.2 Å². The third-order valence-corrected chi connectivity index (χ3v) is 4.74. The van der Waals surface area contributed by atoms with E-state index in [0.29, 0.717) is 12.8 Å². The Morgan fingerprint density at radius 2 is 1.62 bits per heavy atom. The number of nitrogens with zero attached hydrogens (tertiary/aromatic N) is 1. The highest BCUT2D eigenvalue weighted by Gasteiger charge is 2.37. The van der Waals surface area contributed by atoms with Gasteiger partial charge in [0.05, 0.1) is 24.3 Å². The summed E-state index contributed by atoms with van der Waals surface area (Å²) in [5.74, 6) is -0.290. The standard InChI is InChI=1S/C19H23FN2O2/c1-22(15-5-3-2-4-6-15)17-11-16(18(23)12-19(17)24)21-14-9-7-13(20)8-10-14/h2-10,16-19,21,23-24H,11-12H2,1H3/t16-,17-,18-,19-/m1/s1. The van der Waals surface area contributed by atoms with Crippen molar-refractivity contribution in [3.8, 4) is 0 Å². The van der Waals surface area contributed by atoms with Gasteiger partial charge in [-0.25, -0.2) is 4.39 Å². The Balaban J connectivity index is 1.73. The maximum absolute atomic E-state index is 13.0. The Morgan fingerprint density at radius 3 is 2.29 bits per heavy atom. The Hall–Kier alpha value is -2.11. The number of benzene rings is 2. The maximum Gasteiger partial charge on any atom is 0.123 e. The predicted molar refractivity (Wildman–Crippen MR) is 93.7 cm³/mol. The number of hydrogen-bond acceptors (Lipinski definition) is 4. The molecule has 1 aliphatic carbocycles. The Morgan fingerprint density at radius 1 is 0.958 bits per heavy atom. The number of likely N-dealkylation sites (N-methyl/N-ethyl adjacent to an activating group) is 1. The second-order valence-electron chi connectivity index (χ2n) is 6.38. The number of aliphatic hydroxyl groups excluding tert-OH is 2. The van der Waals surface area contributed by atoms with Crippen LogP contribution in [0.3, 0.4) is 0 Å². The number of halogens is 1. The van der Waals surface area contributed by atoms with Gasteiger partial charge in [0.15, 0.2) is 0 Å². The molecule has 0 aliphatic heterocycles. The molecule has 1 aliphatic rings. The van der Waals surface area contributed by atoms with Gasteiger partial charge in [0.2, 0.25) is 0 Å². The zero-order chi connectivity index (χ0) is 17.1. The normalized spacial score (nSPS) is 26.8. The maximum atomic E-state index is 13.0. The van der Waals surface area contributed by atoms with E-state index in [1.165, 1.54) is 12.1 Å². The van der Waals surface area contributed by atoms with Gasteiger partial charge < -0.3 is 20.4 Å². The summed E-state index contributed by atoms with van der Waals surface area (Å²) in [4.78, 5) is 2.05. The number of rotatable bonds is 4. The topological polar surface area (TPSA) is 55.7 Å². The Labute approximate surface area is 141 Å². The molecule has 1 fully saturated rings. The summed E-state index contributed by atoms with van der Waals surface area (Å²) >= 11 is 0. The minimum absolute atomic E-state index is 0.103. The van der Waals surface area contributed by atoms with Crippen LogP contribution in [-0.2, 0) is 0 Å². The molecule has 2 aromatic rings. The van der Waals surface area contributed by atoms with Gasteiger partial charge in [0, 0.05) is 24.8 Å². The van der Waals surface area contributed by atoms with Crippen LogP contribution in [0.4, 0.5) is 15.8 Å². The number of aliphatic hydroxyl groups is 2. The summed E-state index contributed by atoms with van der Waals surface area (Å²) < 4.78 is 13.0. The molecule has 0 saturated heterocycles. The molecule has 5 heteroatoms. The van der Waals surface area contributed by atoms with Crippen LogP contribution in [0.2, 0.25) is 0 Å². The van der Waals surface area contributed by atoms with E-state index in [1.54, 1.807) is 12.1 Å². The van der Waals surface area contributed by atoms with Gasteiger partial charge in [-0.3, -0.25) is 0 Å². The van der Waals surface area contributed by atoms with E-state index in [4.69, 9.17) is 0 Å². The molecule has 4 nitrogen and oxygen atoms in total. The first-order valence-electron chi connectivity index (χ1n) is 8.20. The third kappa shape index (κ3) is 3.68. The number of anilines is 2. The first kappa shape index (κ1) is 16.7. The van der Waals surface area contributed by atoms with Crippen LogP contribution in [0.5, 0.6) is 0 Å². The van der Waals surface area contributed by atoms with Crippen molar-refractivity contribution < 1.29 is 14.6 Å². The molecular formula is C19H23FN2O2. The summed E-state index contributed by atoms with van der Waals surface area (Å²) in [7, 11) is 1.95. The quantitative estimate of drug-likeness (QED) is 0.807. The number of para-hydroxylation sites is 1. The molecule has 0 unspecified atom stereocenters. The van der Waals surface area contributed by atoms with Gasteiger partial charge in [-0.1, -0.05) is 18.2 Å². The Kier molecular flexibility index (Phi) is 5.02. The number of hydrogen-bond donors (Lipinski definition) is 3. The molecule has 0 aromatic heterocycles.